The van der Waals surface area contributed by atoms with E-state index in [1.807, 2.05) is 46.7 Å². The van der Waals surface area contributed by atoms with Crippen LogP contribution in [0.2, 0.25) is 5.02 Å². The fraction of sp³-hybridized carbons (Fsp3) is 0.333. The molecule has 1 amide bonds. The number of amides is 1. The summed E-state index contributed by atoms with van der Waals surface area (Å²) in [6, 6.07) is 11.4. The summed E-state index contributed by atoms with van der Waals surface area (Å²) in [4.78, 5) is 26.8. The Bertz CT molecular complexity index is 1160. The van der Waals surface area contributed by atoms with Gasteiger partial charge < -0.3 is 14.4 Å². The maximum absolute atomic E-state index is 13.0. The fourth-order valence-corrected chi connectivity index (χ4v) is 5.40. The van der Waals surface area contributed by atoms with Crippen LogP contribution >= 0.6 is 22.9 Å². The van der Waals surface area contributed by atoms with Crippen LogP contribution < -0.4 is 4.74 Å². The average Bonchev–Trinajstić information content (AvgIpc) is 3.36. The van der Waals surface area contributed by atoms with Gasteiger partial charge in [-0.2, -0.15) is 0 Å². The number of ether oxygens (including phenoxy) is 2. The summed E-state index contributed by atoms with van der Waals surface area (Å²) in [5.41, 5.74) is 2.76. The minimum atomic E-state index is -0.195. The highest BCUT2D eigenvalue weighted by molar-refractivity contribution is 7.17. The lowest BCUT2D eigenvalue weighted by Gasteiger charge is -2.33. The van der Waals surface area contributed by atoms with E-state index < -0.39 is 0 Å². The Morgan fingerprint density at radius 1 is 1.26 bits per heavy atom. The van der Waals surface area contributed by atoms with Crippen molar-refractivity contribution < 1.29 is 19.1 Å². The Morgan fingerprint density at radius 2 is 2.16 bits per heavy atom. The van der Waals surface area contributed by atoms with Crippen molar-refractivity contribution in [3.63, 3.8) is 0 Å². The molecule has 1 atom stereocenters. The summed E-state index contributed by atoms with van der Waals surface area (Å²) in [7, 11) is 0. The standard InChI is InChI=1S/C24H22ClNO4S/c25-16-4-7-23-20(11-16)15(14-31-23)10-24(28)26-8-9-29-17(12-26)13-30-22-3-1-2-18-19(22)5-6-21(18)27/h1-4,7,11,14,17H,5-6,8-10,12-13H2. The van der Waals surface area contributed by atoms with E-state index in [-0.39, 0.29) is 17.8 Å². The number of carbonyl (C=O) groups excluding carboxylic acids is 2. The van der Waals surface area contributed by atoms with Crippen molar-refractivity contribution in [2.24, 2.45) is 0 Å². The van der Waals surface area contributed by atoms with E-state index in [2.05, 4.69) is 0 Å². The summed E-state index contributed by atoms with van der Waals surface area (Å²) in [6.45, 7) is 1.91. The van der Waals surface area contributed by atoms with Crippen LogP contribution in [0.3, 0.4) is 0 Å². The Balaban J connectivity index is 1.22. The molecule has 1 fully saturated rings. The second-order valence-electron chi connectivity index (χ2n) is 7.93. The fourth-order valence-electron chi connectivity index (χ4n) is 4.29. The molecular formula is C24H22ClNO4S. The third-order valence-electron chi connectivity index (χ3n) is 5.91. The zero-order chi connectivity index (χ0) is 21.4. The molecule has 3 aromatic rings. The molecule has 7 heteroatoms. The van der Waals surface area contributed by atoms with Crippen molar-refractivity contribution in [2.45, 2.75) is 25.4 Å². The summed E-state index contributed by atoms with van der Waals surface area (Å²) in [5, 5.41) is 3.76. The zero-order valence-electron chi connectivity index (χ0n) is 16.9. The maximum Gasteiger partial charge on any atom is 0.227 e. The van der Waals surface area contributed by atoms with E-state index in [4.69, 9.17) is 21.1 Å². The maximum atomic E-state index is 13.0. The molecule has 160 valence electrons. The molecule has 0 spiro atoms. The Labute approximate surface area is 189 Å². The first-order chi connectivity index (χ1) is 15.1. The molecule has 2 aliphatic rings. The highest BCUT2D eigenvalue weighted by Gasteiger charge is 2.27. The third-order valence-corrected chi connectivity index (χ3v) is 7.16. The molecule has 1 unspecified atom stereocenters. The predicted octanol–water partition coefficient (Wildman–Crippen LogP) is 4.53. The van der Waals surface area contributed by atoms with Gasteiger partial charge in [-0.05, 0) is 47.0 Å². The van der Waals surface area contributed by atoms with Crippen molar-refractivity contribution in [2.75, 3.05) is 26.3 Å². The number of hydrogen-bond donors (Lipinski definition) is 0. The average molecular weight is 456 g/mol. The molecule has 5 rings (SSSR count). The van der Waals surface area contributed by atoms with Gasteiger partial charge in [0.1, 0.15) is 18.5 Å². The van der Waals surface area contributed by atoms with E-state index in [1.54, 1.807) is 11.3 Å². The molecule has 0 radical (unpaired) electrons. The second kappa shape index (κ2) is 8.61. The zero-order valence-corrected chi connectivity index (χ0v) is 18.5. The first-order valence-corrected chi connectivity index (χ1v) is 11.7. The summed E-state index contributed by atoms with van der Waals surface area (Å²) < 4.78 is 13.0. The van der Waals surface area contributed by atoms with Crippen LogP contribution in [0.15, 0.2) is 41.8 Å². The van der Waals surface area contributed by atoms with Crippen LogP contribution in [0.4, 0.5) is 0 Å². The van der Waals surface area contributed by atoms with E-state index in [0.29, 0.717) is 44.2 Å². The van der Waals surface area contributed by atoms with Gasteiger partial charge in [-0.3, -0.25) is 9.59 Å². The number of nitrogens with zero attached hydrogens (tertiary/aromatic N) is 1. The number of ketones is 1. The molecule has 31 heavy (non-hydrogen) atoms. The molecule has 0 bridgehead atoms. The minimum Gasteiger partial charge on any atom is -0.491 e. The molecular weight excluding hydrogens is 434 g/mol. The predicted molar refractivity (Wildman–Crippen MR) is 121 cm³/mol. The molecule has 0 saturated carbocycles. The molecule has 1 aromatic heterocycles. The normalized spacial score (nSPS) is 18.4. The SMILES string of the molecule is O=C1CCc2c(OCC3CN(C(=O)Cc4csc5ccc(Cl)cc45)CCO3)cccc21. The Kier molecular flexibility index (Phi) is 5.69. The molecule has 0 N–H and O–H groups in total. The van der Waals surface area contributed by atoms with Crippen LogP contribution in [0, 0.1) is 0 Å². The summed E-state index contributed by atoms with van der Waals surface area (Å²) >= 11 is 7.77. The number of halogens is 1. The van der Waals surface area contributed by atoms with E-state index >= 15 is 0 Å². The molecule has 1 saturated heterocycles. The largest absolute Gasteiger partial charge is 0.491 e. The highest BCUT2D eigenvalue weighted by Crippen LogP contribution is 2.31. The van der Waals surface area contributed by atoms with Crippen molar-refractivity contribution in [3.05, 3.63) is 63.5 Å². The van der Waals surface area contributed by atoms with Gasteiger partial charge >= 0.3 is 0 Å². The van der Waals surface area contributed by atoms with Crippen LogP contribution in [0.1, 0.15) is 27.9 Å². The van der Waals surface area contributed by atoms with Crippen molar-refractivity contribution >= 4 is 44.7 Å². The molecule has 1 aliphatic heterocycles. The molecule has 5 nitrogen and oxygen atoms in total. The van der Waals surface area contributed by atoms with Gasteiger partial charge in [0.05, 0.1) is 19.6 Å². The van der Waals surface area contributed by atoms with Gasteiger partial charge in [0.25, 0.3) is 0 Å². The number of carbonyl (C=O) groups is 2. The molecule has 1 aliphatic carbocycles. The van der Waals surface area contributed by atoms with Crippen LogP contribution in [0.25, 0.3) is 10.1 Å². The lowest BCUT2D eigenvalue weighted by Crippen LogP contribution is -2.48. The third kappa shape index (κ3) is 4.20. The van der Waals surface area contributed by atoms with E-state index in [9.17, 15) is 9.59 Å². The smallest absolute Gasteiger partial charge is 0.227 e. The van der Waals surface area contributed by atoms with Gasteiger partial charge in [0.2, 0.25) is 5.91 Å². The number of morpholine rings is 1. The first kappa shape index (κ1) is 20.5. The van der Waals surface area contributed by atoms with Crippen LogP contribution in [-0.4, -0.2) is 49.0 Å². The summed E-state index contributed by atoms with van der Waals surface area (Å²) in [5.74, 6) is 1.00. The number of hydrogen-bond acceptors (Lipinski definition) is 5. The Hall–Kier alpha value is -2.41. The van der Waals surface area contributed by atoms with Crippen molar-refractivity contribution in [1.29, 1.82) is 0 Å². The van der Waals surface area contributed by atoms with Gasteiger partial charge in [-0.1, -0.05) is 23.7 Å². The minimum absolute atomic E-state index is 0.0826. The number of benzene rings is 2. The summed E-state index contributed by atoms with van der Waals surface area (Å²) in [6.07, 6.45) is 1.42. The number of thiophene rings is 1. The quantitative estimate of drug-likeness (QED) is 0.567. The van der Waals surface area contributed by atoms with Crippen LogP contribution in [-0.2, 0) is 22.4 Å². The monoisotopic (exact) mass is 455 g/mol. The Morgan fingerprint density at radius 3 is 3.06 bits per heavy atom. The lowest BCUT2D eigenvalue weighted by atomic mass is 10.1. The number of Topliss-reactive ketones (excluding diaryl/α,β-unsaturated/α-hetero) is 1. The van der Waals surface area contributed by atoms with Gasteiger partial charge in [0.15, 0.2) is 5.78 Å². The van der Waals surface area contributed by atoms with Gasteiger partial charge in [-0.25, -0.2) is 0 Å². The number of fused-ring (bicyclic) bond motifs is 2. The van der Waals surface area contributed by atoms with Crippen molar-refractivity contribution in [1.82, 2.24) is 4.90 Å². The second-order valence-corrected chi connectivity index (χ2v) is 9.27. The van der Waals surface area contributed by atoms with Crippen LogP contribution in [0.5, 0.6) is 5.75 Å². The molecule has 2 aromatic carbocycles. The highest BCUT2D eigenvalue weighted by atomic mass is 35.5. The first-order valence-electron chi connectivity index (χ1n) is 10.4. The lowest BCUT2D eigenvalue weighted by molar-refractivity contribution is -0.139. The van der Waals surface area contributed by atoms with Gasteiger partial charge in [0, 0.05) is 33.8 Å². The number of rotatable bonds is 5. The topological polar surface area (TPSA) is 55.8 Å². The van der Waals surface area contributed by atoms with Gasteiger partial charge in [-0.15, -0.1) is 11.3 Å². The van der Waals surface area contributed by atoms with E-state index in [0.717, 1.165) is 38.9 Å². The molecule has 2 heterocycles. The van der Waals surface area contributed by atoms with E-state index in [1.165, 1.54) is 0 Å². The van der Waals surface area contributed by atoms with Crippen molar-refractivity contribution in [3.8, 4) is 5.75 Å².